The summed E-state index contributed by atoms with van der Waals surface area (Å²) in [4.78, 5) is 0. The summed E-state index contributed by atoms with van der Waals surface area (Å²) < 4.78 is 35.9. The third-order valence-corrected chi connectivity index (χ3v) is 8.06. The second-order valence-corrected chi connectivity index (χ2v) is 11.3. The molecule has 0 aliphatic carbocycles. The van der Waals surface area contributed by atoms with Gasteiger partial charge in [0.1, 0.15) is 34.5 Å². The number of ether oxygens (including phenoxy) is 6. The fourth-order valence-electron chi connectivity index (χ4n) is 5.76. The minimum atomic E-state index is -0.109. The van der Waals surface area contributed by atoms with Crippen LogP contribution >= 0.6 is 0 Å². The van der Waals surface area contributed by atoms with Gasteiger partial charge in [-0.2, -0.15) is 0 Å². The Morgan fingerprint density at radius 1 is 0.204 bits per heavy atom. The largest absolute Gasteiger partial charge is 0.421 e. The van der Waals surface area contributed by atoms with E-state index in [9.17, 15) is 0 Å². The van der Waals surface area contributed by atoms with Crippen molar-refractivity contribution < 1.29 is 28.4 Å². The Hall–Kier alpha value is -8.28. The highest BCUT2D eigenvalue weighted by atomic mass is 16.5. The first-order valence-corrected chi connectivity index (χ1v) is 16.0. The highest BCUT2D eigenvalue weighted by molar-refractivity contribution is 5.95. The van der Waals surface area contributed by atoms with Crippen LogP contribution in [0.2, 0.25) is 0 Å². The van der Waals surface area contributed by atoms with Gasteiger partial charge in [-0.15, -0.1) is 0 Å². The van der Waals surface area contributed by atoms with Gasteiger partial charge < -0.3 is 28.4 Å². The SMILES string of the molecule is c1cc2c3cccc(c3c1)Oc1nnc(nn1)Oc1cccc3c(cccc13)Oc1nnc(nn1)Oc1cccc3c(cccc13)Oc1nnc(nn1)O2. The number of hydrogen-bond donors (Lipinski definition) is 0. The van der Waals surface area contributed by atoms with Gasteiger partial charge in [-0.1, -0.05) is 134 Å². The molecule has 4 aliphatic rings. The maximum absolute atomic E-state index is 5.98. The summed E-state index contributed by atoms with van der Waals surface area (Å²) in [5.74, 6) is 2.53. The van der Waals surface area contributed by atoms with E-state index in [1.807, 2.05) is 36.4 Å². The molecule has 4 aliphatic heterocycles. The van der Waals surface area contributed by atoms with E-state index < -0.39 is 0 Å². The molecule has 3 aromatic heterocycles. The third-order valence-electron chi connectivity index (χ3n) is 8.06. The minimum Gasteiger partial charge on any atom is -0.421 e. The van der Waals surface area contributed by atoms with E-state index in [0.717, 1.165) is 0 Å². The number of rotatable bonds is 0. The van der Waals surface area contributed by atoms with E-state index >= 15 is 0 Å². The van der Waals surface area contributed by atoms with Crippen molar-refractivity contribution in [3.05, 3.63) is 109 Å². The molecular formula is C36H18N12O6. The molecule has 6 aromatic carbocycles. The van der Waals surface area contributed by atoms with Crippen molar-refractivity contribution >= 4 is 32.3 Å². The van der Waals surface area contributed by atoms with Crippen LogP contribution in [0.1, 0.15) is 0 Å². The van der Waals surface area contributed by atoms with Gasteiger partial charge in [0.2, 0.25) is 0 Å². The van der Waals surface area contributed by atoms with Gasteiger partial charge in [0, 0.05) is 32.3 Å². The molecule has 0 N–H and O–H groups in total. The van der Waals surface area contributed by atoms with Crippen LogP contribution in [0.5, 0.6) is 70.6 Å². The Morgan fingerprint density at radius 2 is 0.352 bits per heavy atom. The predicted octanol–water partition coefficient (Wildman–Crippen LogP) is 6.95. The van der Waals surface area contributed by atoms with Crippen LogP contribution in [0.4, 0.5) is 0 Å². The maximum Gasteiger partial charge on any atom is 0.360 e. The van der Waals surface area contributed by atoms with E-state index in [1.165, 1.54) is 0 Å². The van der Waals surface area contributed by atoms with Crippen molar-refractivity contribution in [2.75, 3.05) is 0 Å². The van der Waals surface area contributed by atoms with Crippen molar-refractivity contribution in [3.63, 3.8) is 0 Å². The Morgan fingerprint density at radius 3 is 0.500 bits per heavy atom. The van der Waals surface area contributed by atoms with Gasteiger partial charge in [-0.05, 0) is 36.4 Å². The zero-order valence-electron chi connectivity index (χ0n) is 27.2. The van der Waals surface area contributed by atoms with E-state index in [-0.39, 0.29) is 36.1 Å². The van der Waals surface area contributed by atoms with Crippen molar-refractivity contribution in [3.8, 4) is 70.6 Å². The predicted molar refractivity (Wildman–Crippen MR) is 185 cm³/mol. The molecule has 0 spiro atoms. The van der Waals surface area contributed by atoms with Crippen molar-refractivity contribution in [1.29, 1.82) is 0 Å². The molecule has 18 nitrogen and oxygen atoms in total. The van der Waals surface area contributed by atoms with Crippen LogP contribution in [-0.2, 0) is 0 Å². The molecule has 0 unspecified atom stereocenters. The van der Waals surface area contributed by atoms with Crippen LogP contribution in [0.3, 0.4) is 0 Å². The molecule has 0 saturated heterocycles. The van der Waals surface area contributed by atoms with Gasteiger partial charge in [-0.3, -0.25) is 0 Å². The molecular weight excluding hydrogens is 696 g/mol. The van der Waals surface area contributed by atoms with Gasteiger partial charge in [0.15, 0.2) is 0 Å². The van der Waals surface area contributed by atoms with E-state index in [0.29, 0.717) is 66.8 Å². The van der Waals surface area contributed by atoms with Crippen LogP contribution in [0.15, 0.2) is 109 Å². The van der Waals surface area contributed by atoms with Crippen LogP contribution in [0, 0.1) is 0 Å². The number of nitrogens with zero attached hydrogens (tertiary/aromatic N) is 12. The standard InChI is InChI=1S/C36H18N12O6/c1-7-19-20-8-2-14-26(19)50-32-39-43-34(44-40-32)52-28-16-5-12-24-23(28)11-6-18-30(24)54-36-47-45-35(46-48-36)53-29-17-4-9-21-22(29)10-3-15-27(21)51-33-41-37-31(38-42-33)49-25(20)13-1/h1-18H. The lowest BCUT2D eigenvalue weighted by atomic mass is 10.1. The molecule has 0 atom stereocenters. The molecule has 18 heteroatoms. The second kappa shape index (κ2) is 12.8. The summed E-state index contributed by atoms with van der Waals surface area (Å²) in [5.41, 5.74) is 0. The molecule has 7 heterocycles. The van der Waals surface area contributed by atoms with Crippen molar-refractivity contribution in [2.24, 2.45) is 0 Å². The molecule has 258 valence electrons. The zero-order chi connectivity index (χ0) is 35.8. The van der Waals surface area contributed by atoms with Crippen LogP contribution < -0.4 is 28.4 Å². The Bertz CT molecular complexity index is 2350. The van der Waals surface area contributed by atoms with Gasteiger partial charge in [0.05, 0.1) is 0 Å². The lowest BCUT2D eigenvalue weighted by molar-refractivity contribution is 0.382. The Kier molecular flexibility index (Phi) is 7.24. The summed E-state index contributed by atoms with van der Waals surface area (Å²) in [6.45, 7) is 0. The smallest absolute Gasteiger partial charge is 0.360 e. The Labute approximate surface area is 301 Å². The van der Waals surface area contributed by atoms with Gasteiger partial charge in [-0.25, -0.2) is 0 Å². The molecule has 0 radical (unpaired) electrons. The summed E-state index contributed by atoms with van der Waals surface area (Å²) >= 11 is 0. The first-order chi connectivity index (χ1) is 26.7. The third kappa shape index (κ3) is 5.76. The van der Waals surface area contributed by atoms with E-state index in [2.05, 4.69) is 61.2 Å². The maximum atomic E-state index is 5.98. The Balaban J connectivity index is 1.05. The average molecular weight is 715 g/mol. The fourth-order valence-corrected chi connectivity index (χ4v) is 5.76. The summed E-state index contributed by atoms with van der Waals surface area (Å²) in [6, 6.07) is 31.6. The molecule has 0 saturated carbocycles. The molecule has 13 rings (SSSR count). The fraction of sp³-hybridized carbons (Fsp3) is 0. The highest BCUT2D eigenvalue weighted by Crippen LogP contribution is 2.38. The highest BCUT2D eigenvalue weighted by Gasteiger charge is 2.17. The molecule has 0 fully saturated rings. The lowest BCUT2D eigenvalue weighted by Crippen LogP contribution is -2.02. The lowest BCUT2D eigenvalue weighted by Gasteiger charge is -2.12. The van der Waals surface area contributed by atoms with E-state index in [1.54, 1.807) is 72.8 Å². The van der Waals surface area contributed by atoms with Gasteiger partial charge >= 0.3 is 36.1 Å². The minimum absolute atomic E-state index is 0.109. The van der Waals surface area contributed by atoms with Crippen LogP contribution in [0.25, 0.3) is 32.3 Å². The van der Waals surface area contributed by atoms with Crippen LogP contribution in [-0.4, -0.2) is 61.2 Å². The molecule has 54 heavy (non-hydrogen) atoms. The number of aromatic nitrogens is 12. The molecule has 0 amide bonds. The van der Waals surface area contributed by atoms with Gasteiger partial charge in [0.25, 0.3) is 0 Å². The second-order valence-electron chi connectivity index (χ2n) is 11.3. The molecule has 9 aromatic rings. The molecule has 18 bridgehead atoms. The number of benzene rings is 6. The summed E-state index contributed by atoms with van der Waals surface area (Å²) in [7, 11) is 0. The monoisotopic (exact) mass is 714 g/mol. The van der Waals surface area contributed by atoms with Crippen molar-refractivity contribution in [1.82, 2.24) is 61.2 Å². The normalized spacial score (nSPS) is 12.2. The topological polar surface area (TPSA) is 210 Å². The zero-order valence-corrected chi connectivity index (χ0v) is 27.2. The number of fused-ring (bicyclic) bond motifs is 3. The quantitative estimate of drug-likeness (QED) is 0.155. The first kappa shape index (κ1) is 30.5. The summed E-state index contributed by atoms with van der Waals surface area (Å²) in [5, 5.41) is 53.0. The average Bonchev–Trinajstić information content (AvgIpc) is 3.21. The number of hydrogen-bond acceptors (Lipinski definition) is 18. The summed E-state index contributed by atoms with van der Waals surface area (Å²) in [6.07, 6.45) is 0. The first-order valence-electron chi connectivity index (χ1n) is 16.0. The van der Waals surface area contributed by atoms with Crippen molar-refractivity contribution in [2.45, 2.75) is 0 Å². The van der Waals surface area contributed by atoms with E-state index in [4.69, 9.17) is 28.4 Å².